The van der Waals surface area contributed by atoms with Crippen molar-refractivity contribution in [1.82, 2.24) is 4.90 Å². The minimum atomic E-state index is 0.235. The van der Waals surface area contributed by atoms with Crippen LogP contribution < -0.4 is 5.73 Å². The summed E-state index contributed by atoms with van der Waals surface area (Å²) in [6.45, 7) is 7.87. The number of methoxy groups -OCH3 is 1. The van der Waals surface area contributed by atoms with Gasteiger partial charge in [-0.25, -0.2) is 0 Å². The molecule has 2 atom stereocenters. The molecule has 1 aliphatic carbocycles. The van der Waals surface area contributed by atoms with Crippen LogP contribution in [0.4, 0.5) is 0 Å². The highest BCUT2D eigenvalue weighted by Crippen LogP contribution is 2.44. The van der Waals surface area contributed by atoms with Gasteiger partial charge in [0.1, 0.15) is 0 Å². The lowest BCUT2D eigenvalue weighted by Gasteiger charge is -2.53. The first-order valence-corrected chi connectivity index (χ1v) is 7.49. The van der Waals surface area contributed by atoms with E-state index in [1.807, 2.05) is 7.11 Å². The Morgan fingerprint density at radius 2 is 2.06 bits per heavy atom. The van der Waals surface area contributed by atoms with Crippen molar-refractivity contribution in [1.29, 1.82) is 0 Å². The van der Waals surface area contributed by atoms with Crippen LogP contribution in [0, 0.1) is 5.41 Å². The molecule has 2 aliphatic rings. The monoisotopic (exact) mass is 254 g/mol. The normalized spacial score (nSPS) is 37.7. The summed E-state index contributed by atoms with van der Waals surface area (Å²) in [4.78, 5) is 2.64. The predicted octanol–water partition coefficient (Wildman–Crippen LogP) is 2.39. The SMILES string of the molecule is COC1CCCN(C2(CN)CCCC(C)(C)C2)C1. The summed E-state index contributed by atoms with van der Waals surface area (Å²) in [5.41, 5.74) is 6.87. The maximum absolute atomic E-state index is 6.19. The van der Waals surface area contributed by atoms with Crippen molar-refractivity contribution in [3.05, 3.63) is 0 Å². The Morgan fingerprint density at radius 1 is 1.28 bits per heavy atom. The van der Waals surface area contributed by atoms with Gasteiger partial charge in [0, 0.05) is 25.7 Å². The van der Waals surface area contributed by atoms with E-state index in [1.54, 1.807) is 0 Å². The van der Waals surface area contributed by atoms with E-state index in [4.69, 9.17) is 10.5 Å². The molecule has 0 amide bonds. The first kappa shape index (κ1) is 14.3. The molecule has 18 heavy (non-hydrogen) atoms. The van der Waals surface area contributed by atoms with Crippen molar-refractivity contribution in [3.63, 3.8) is 0 Å². The van der Waals surface area contributed by atoms with Crippen molar-refractivity contribution in [2.75, 3.05) is 26.7 Å². The maximum atomic E-state index is 6.19. The summed E-state index contributed by atoms with van der Waals surface area (Å²) in [6.07, 6.45) is 8.04. The van der Waals surface area contributed by atoms with E-state index in [1.165, 1.54) is 45.1 Å². The van der Waals surface area contributed by atoms with E-state index < -0.39 is 0 Å². The van der Waals surface area contributed by atoms with E-state index in [0.717, 1.165) is 13.1 Å². The number of ether oxygens (including phenoxy) is 1. The summed E-state index contributed by atoms with van der Waals surface area (Å²) in [7, 11) is 1.84. The smallest absolute Gasteiger partial charge is 0.0698 e. The zero-order valence-electron chi connectivity index (χ0n) is 12.4. The van der Waals surface area contributed by atoms with Crippen molar-refractivity contribution in [2.24, 2.45) is 11.1 Å². The third-order valence-electron chi connectivity index (χ3n) is 5.07. The molecule has 1 heterocycles. The Morgan fingerprint density at radius 3 is 2.67 bits per heavy atom. The molecule has 1 saturated carbocycles. The van der Waals surface area contributed by atoms with Crippen LogP contribution >= 0.6 is 0 Å². The standard InChI is InChI=1S/C15H30N2O/c1-14(2)7-5-8-15(11-14,12-16)17-9-4-6-13(10-17)18-3/h13H,4-12,16H2,1-3H3. The van der Waals surface area contributed by atoms with Gasteiger partial charge in [0.05, 0.1) is 6.10 Å². The molecule has 2 N–H and O–H groups in total. The van der Waals surface area contributed by atoms with E-state index in [9.17, 15) is 0 Å². The molecule has 2 fully saturated rings. The van der Waals surface area contributed by atoms with Crippen molar-refractivity contribution < 1.29 is 4.74 Å². The molecular weight excluding hydrogens is 224 g/mol. The first-order chi connectivity index (χ1) is 8.51. The molecule has 0 spiro atoms. The third-order valence-corrected chi connectivity index (χ3v) is 5.07. The molecule has 0 aromatic carbocycles. The minimum absolute atomic E-state index is 0.235. The second-order valence-electron chi connectivity index (χ2n) is 7.07. The van der Waals surface area contributed by atoms with Gasteiger partial charge in [-0.05, 0) is 44.1 Å². The van der Waals surface area contributed by atoms with E-state index >= 15 is 0 Å². The van der Waals surface area contributed by atoms with Crippen LogP contribution in [0.15, 0.2) is 0 Å². The zero-order chi connectivity index (χ0) is 13.2. The van der Waals surface area contributed by atoms with Gasteiger partial charge in [0.25, 0.3) is 0 Å². The molecular formula is C15H30N2O. The number of piperidine rings is 1. The lowest BCUT2D eigenvalue weighted by atomic mass is 9.67. The Hall–Kier alpha value is -0.120. The number of hydrogen-bond acceptors (Lipinski definition) is 3. The van der Waals surface area contributed by atoms with Crippen molar-refractivity contribution >= 4 is 0 Å². The summed E-state index contributed by atoms with van der Waals surface area (Å²) in [5, 5.41) is 0. The van der Waals surface area contributed by atoms with Gasteiger partial charge in [-0.2, -0.15) is 0 Å². The third kappa shape index (κ3) is 2.89. The highest BCUT2D eigenvalue weighted by Gasteiger charge is 2.44. The second-order valence-corrected chi connectivity index (χ2v) is 7.07. The summed E-state index contributed by atoms with van der Waals surface area (Å²) in [5.74, 6) is 0. The number of hydrogen-bond donors (Lipinski definition) is 1. The average molecular weight is 254 g/mol. The Labute approximate surface area is 112 Å². The lowest BCUT2D eigenvalue weighted by molar-refractivity contribution is -0.0495. The minimum Gasteiger partial charge on any atom is -0.380 e. The fourth-order valence-corrected chi connectivity index (χ4v) is 4.10. The van der Waals surface area contributed by atoms with Crippen molar-refractivity contribution in [2.45, 2.75) is 64.0 Å². The average Bonchev–Trinajstić information content (AvgIpc) is 2.37. The molecule has 1 aliphatic heterocycles. The number of rotatable bonds is 3. The van der Waals surface area contributed by atoms with E-state index in [2.05, 4.69) is 18.7 Å². The fourth-order valence-electron chi connectivity index (χ4n) is 4.10. The summed E-state index contributed by atoms with van der Waals surface area (Å²) >= 11 is 0. The molecule has 1 saturated heterocycles. The number of likely N-dealkylation sites (tertiary alicyclic amines) is 1. The second kappa shape index (κ2) is 5.48. The van der Waals surface area contributed by atoms with Gasteiger partial charge in [0.15, 0.2) is 0 Å². The molecule has 0 bridgehead atoms. The van der Waals surface area contributed by atoms with Gasteiger partial charge in [-0.3, -0.25) is 4.90 Å². The van der Waals surface area contributed by atoms with Gasteiger partial charge < -0.3 is 10.5 Å². The highest BCUT2D eigenvalue weighted by molar-refractivity contribution is 5.00. The topological polar surface area (TPSA) is 38.5 Å². The molecule has 2 rings (SSSR count). The molecule has 2 unspecified atom stereocenters. The maximum Gasteiger partial charge on any atom is 0.0698 e. The zero-order valence-corrected chi connectivity index (χ0v) is 12.4. The molecule has 3 heteroatoms. The lowest BCUT2D eigenvalue weighted by Crippen LogP contribution is -2.60. The quantitative estimate of drug-likeness (QED) is 0.840. The van der Waals surface area contributed by atoms with Crippen LogP contribution in [0.2, 0.25) is 0 Å². The summed E-state index contributed by atoms with van der Waals surface area (Å²) in [6, 6.07) is 0. The number of nitrogens with two attached hydrogens (primary N) is 1. The van der Waals surface area contributed by atoms with Crippen LogP contribution in [-0.2, 0) is 4.74 Å². The number of nitrogens with zero attached hydrogens (tertiary/aromatic N) is 1. The first-order valence-electron chi connectivity index (χ1n) is 7.49. The Bertz CT molecular complexity index is 280. The van der Waals surface area contributed by atoms with Crippen LogP contribution in [0.25, 0.3) is 0 Å². The van der Waals surface area contributed by atoms with Crippen LogP contribution in [0.1, 0.15) is 52.4 Å². The molecule has 3 nitrogen and oxygen atoms in total. The fraction of sp³-hybridized carbons (Fsp3) is 1.00. The van der Waals surface area contributed by atoms with E-state index in [-0.39, 0.29) is 5.54 Å². The van der Waals surface area contributed by atoms with Crippen molar-refractivity contribution in [3.8, 4) is 0 Å². The van der Waals surface area contributed by atoms with Crippen LogP contribution in [0.3, 0.4) is 0 Å². The van der Waals surface area contributed by atoms with Gasteiger partial charge in [-0.15, -0.1) is 0 Å². The molecule has 106 valence electrons. The molecule has 0 aromatic rings. The molecule has 0 radical (unpaired) electrons. The van der Waals surface area contributed by atoms with E-state index in [0.29, 0.717) is 11.5 Å². The molecule has 0 aromatic heterocycles. The highest BCUT2D eigenvalue weighted by atomic mass is 16.5. The predicted molar refractivity (Wildman–Crippen MR) is 75.6 cm³/mol. The van der Waals surface area contributed by atoms with Gasteiger partial charge in [-0.1, -0.05) is 20.3 Å². The Balaban J connectivity index is 2.11. The summed E-state index contributed by atoms with van der Waals surface area (Å²) < 4.78 is 5.57. The van der Waals surface area contributed by atoms with Gasteiger partial charge in [0.2, 0.25) is 0 Å². The van der Waals surface area contributed by atoms with Crippen LogP contribution in [-0.4, -0.2) is 43.3 Å². The Kier molecular flexibility index (Phi) is 4.35. The largest absolute Gasteiger partial charge is 0.380 e. The van der Waals surface area contributed by atoms with Gasteiger partial charge >= 0.3 is 0 Å². The van der Waals surface area contributed by atoms with Crippen LogP contribution in [0.5, 0.6) is 0 Å².